The first-order chi connectivity index (χ1) is 4.69. The number of carbonyl (C=O) groups is 1. The minimum absolute atomic E-state index is 1.26. The Bertz CT molecular complexity index is 211. The Labute approximate surface area is 43.4 Å². The molecule has 0 aromatic rings. The van der Waals surface area contributed by atoms with Crippen molar-refractivity contribution in [1.82, 2.24) is 0 Å². The summed E-state index contributed by atoms with van der Waals surface area (Å²) in [5.41, 5.74) is 4.68. The van der Waals surface area contributed by atoms with Crippen molar-refractivity contribution in [2.24, 2.45) is 11.6 Å². The molecule has 0 saturated heterocycles. The molecular formula is C4H7NO. The summed E-state index contributed by atoms with van der Waals surface area (Å²) >= 11 is 0. The van der Waals surface area contributed by atoms with E-state index in [0.717, 1.165) is 0 Å². The van der Waals surface area contributed by atoms with Gasteiger partial charge in [0.15, 0.2) is 0 Å². The van der Waals surface area contributed by atoms with E-state index in [1.165, 1.54) is 0 Å². The third-order valence-corrected chi connectivity index (χ3v) is 0.496. The molecule has 0 unspecified atom stereocenters. The molecule has 2 heteroatoms. The fourth-order valence-electron chi connectivity index (χ4n) is 0.154. The van der Waals surface area contributed by atoms with Crippen LogP contribution in [0, 0.1) is 5.89 Å². The monoisotopic (exact) mass is 90.1 g/mol. The molecule has 1 aliphatic carbocycles. The maximum Gasteiger partial charge on any atom is 0.220 e. The summed E-state index contributed by atoms with van der Waals surface area (Å²) in [7, 11) is 0. The second kappa shape index (κ2) is 0.965. The lowest BCUT2D eigenvalue weighted by Crippen LogP contribution is -2.11. The van der Waals surface area contributed by atoms with Crippen LogP contribution in [0.25, 0.3) is 0 Å². The van der Waals surface area contributed by atoms with Crippen LogP contribution in [0.2, 0.25) is 0 Å². The normalized spacial score (nSPS) is 55.0. The van der Waals surface area contributed by atoms with Gasteiger partial charge in [-0.05, 0) is 12.7 Å². The summed E-state index contributed by atoms with van der Waals surface area (Å²) in [4.78, 5) is 10.5. The van der Waals surface area contributed by atoms with Crippen molar-refractivity contribution in [2.45, 2.75) is 12.7 Å². The SMILES string of the molecule is [2H]C1([2H])C([2H])([2H])C1([2H])C(N)=O. The number of rotatable bonds is 1. The van der Waals surface area contributed by atoms with E-state index in [1.54, 1.807) is 0 Å². The molecule has 2 nitrogen and oxygen atoms in total. The molecule has 0 spiro atoms. The van der Waals surface area contributed by atoms with Crippen molar-refractivity contribution in [3.8, 4) is 0 Å². The van der Waals surface area contributed by atoms with Gasteiger partial charge >= 0.3 is 0 Å². The number of hydrogen-bond donors (Lipinski definition) is 1. The van der Waals surface area contributed by atoms with Gasteiger partial charge < -0.3 is 5.73 Å². The van der Waals surface area contributed by atoms with E-state index in [9.17, 15) is 4.79 Å². The van der Waals surface area contributed by atoms with Gasteiger partial charge in [-0.25, -0.2) is 0 Å². The van der Waals surface area contributed by atoms with Crippen molar-refractivity contribution >= 4 is 5.91 Å². The van der Waals surface area contributed by atoms with Crippen molar-refractivity contribution < 1.29 is 11.6 Å². The molecule has 1 fully saturated rings. The lowest BCUT2D eigenvalue weighted by atomic mass is 10.4. The fourth-order valence-corrected chi connectivity index (χ4v) is 0.154. The number of nitrogens with two attached hydrogens (primary N) is 1. The third kappa shape index (κ3) is 0.506. The Morgan fingerprint density at radius 2 is 2.67 bits per heavy atom. The fraction of sp³-hybridized carbons (Fsp3) is 0.750. The first-order valence-corrected chi connectivity index (χ1v) is 1.49. The molecule has 1 amide bonds. The van der Waals surface area contributed by atoms with Gasteiger partial charge in [-0.15, -0.1) is 0 Å². The van der Waals surface area contributed by atoms with Crippen LogP contribution in [0.5, 0.6) is 0 Å². The van der Waals surface area contributed by atoms with Crippen LogP contribution in [0.3, 0.4) is 0 Å². The van der Waals surface area contributed by atoms with E-state index in [-0.39, 0.29) is 0 Å². The zero-order chi connectivity index (χ0) is 9.08. The maximum absolute atomic E-state index is 10.5. The zero-order valence-corrected chi connectivity index (χ0v) is 2.99. The number of amides is 1. The molecule has 6 heavy (non-hydrogen) atoms. The van der Waals surface area contributed by atoms with Crippen molar-refractivity contribution in [3.05, 3.63) is 0 Å². The highest BCUT2D eigenvalue weighted by Crippen LogP contribution is 2.27. The first-order valence-electron chi connectivity index (χ1n) is 3.99. The third-order valence-electron chi connectivity index (χ3n) is 0.496. The summed E-state index contributed by atoms with van der Waals surface area (Å²) in [6.45, 7) is 0. The average Bonchev–Trinajstić information content (AvgIpc) is 2.11. The highest BCUT2D eigenvalue weighted by Gasteiger charge is 2.26. The second-order valence-corrected chi connectivity index (χ2v) is 0.989. The van der Waals surface area contributed by atoms with E-state index in [2.05, 4.69) is 5.73 Å². The molecule has 0 atom stereocenters. The van der Waals surface area contributed by atoms with Gasteiger partial charge in [0, 0.05) is 12.7 Å². The van der Waals surface area contributed by atoms with Gasteiger partial charge in [-0.2, -0.15) is 0 Å². The van der Waals surface area contributed by atoms with E-state index in [0.29, 0.717) is 0 Å². The standard InChI is InChI=1S/C4H7NO/c5-4(6)3-1-2-3/h3H,1-2H2,(H2,5,6)/i1D2,2D2,3D. The van der Waals surface area contributed by atoms with Crippen LogP contribution in [0.4, 0.5) is 0 Å². The smallest absolute Gasteiger partial charge is 0.220 e. The molecule has 0 bridgehead atoms. The summed E-state index contributed by atoms with van der Waals surface area (Å²) < 4.78 is 34.8. The highest BCUT2D eigenvalue weighted by atomic mass is 16.1. The Morgan fingerprint density at radius 3 is 2.67 bits per heavy atom. The van der Waals surface area contributed by atoms with Crippen LogP contribution in [0.15, 0.2) is 0 Å². The number of primary amides is 1. The molecule has 1 saturated carbocycles. The molecule has 0 heterocycles. The van der Waals surface area contributed by atoms with Gasteiger partial charge in [-0.3, -0.25) is 4.79 Å². The molecule has 0 aliphatic heterocycles. The predicted molar refractivity (Wildman–Crippen MR) is 21.9 cm³/mol. The molecule has 1 aliphatic rings. The van der Waals surface area contributed by atoms with Crippen molar-refractivity contribution in [2.75, 3.05) is 0 Å². The van der Waals surface area contributed by atoms with Crippen molar-refractivity contribution in [3.63, 3.8) is 0 Å². The first kappa shape index (κ1) is 0.997. The topological polar surface area (TPSA) is 43.1 Å². The Hall–Kier alpha value is -0.530. The largest absolute Gasteiger partial charge is 0.369 e. The summed E-state index contributed by atoms with van der Waals surface area (Å²) in [6, 6.07) is 0. The van der Waals surface area contributed by atoms with Crippen LogP contribution in [0.1, 0.15) is 19.6 Å². The Morgan fingerprint density at radius 1 is 2.17 bits per heavy atom. The predicted octanol–water partition coefficient (Wildman–Crippen LogP) is -0.118. The quantitative estimate of drug-likeness (QED) is 0.479. The minimum Gasteiger partial charge on any atom is -0.369 e. The highest BCUT2D eigenvalue weighted by molar-refractivity contribution is 5.78. The van der Waals surface area contributed by atoms with E-state index in [4.69, 9.17) is 6.85 Å². The zero-order valence-electron chi connectivity index (χ0n) is 7.99. The molecule has 34 valence electrons. The summed E-state index contributed by atoms with van der Waals surface area (Å²) in [5, 5.41) is 0. The summed E-state index contributed by atoms with van der Waals surface area (Å²) in [5.74, 6) is -3.66. The van der Waals surface area contributed by atoms with Gasteiger partial charge in [0.2, 0.25) is 5.91 Å². The average molecular weight is 90.1 g/mol. The van der Waals surface area contributed by atoms with Crippen molar-refractivity contribution in [1.29, 1.82) is 0 Å². The Kier molecular flexibility index (Phi) is 0.160. The second-order valence-electron chi connectivity index (χ2n) is 0.989. The molecule has 2 N–H and O–H groups in total. The van der Waals surface area contributed by atoms with E-state index < -0.39 is 24.5 Å². The van der Waals surface area contributed by atoms with E-state index >= 15 is 0 Å². The van der Waals surface area contributed by atoms with Gasteiger partial charge in [-0.1, -0.05) is 0 Å². The van der Waals surface area contributed by atoms with Gasteiger partial charge in [0.1, 0.15) is 0 Å². The molecule has 0 aromatic heterocycles. The number of hydrogen-bond acceptors (Lipinski definition) is 1. The van der Waals surface area contributed by atoms with Crippen LogP contribution in [-0.2, 0) is 4.79 Å². The van der Waals surface area contributed by atoms with Gasteiger partial charge in [0.05, 0.1) is 0 Å². The lowest BCUT2D eigenvalue weighted by Gasteiger charge is -1.77. The van der Waals surface area contributed by atoms with E-state index in [1.807, 2.05) is 0 Å². The van der Waals surface area contributed by atoms with Gasteiger partial charge in [0.25, 0.3) is 0 Å². The molecule has 1 rings (SSSR count). The molecule has 0 radical (unpaired) electrons. The summed E-state index contributed by atoms with van der Waals surface area (Å²) in [6.07, 6.45) is -4.91. The molecular weight excluding hydrogens is 78.0 g/mol. The van der Waals surface area contributed by atoms with Crippen LogP contribution >= 0.6 is 0 Å². The maximum atomic E-state index is 10.5. The lowest BCUT2D eigenvalue weighted by molar-refractivity contribution is -0.119. The minimum atomic E-state index is -2.45. The van der Waals surface area contributed by atoms with Crippen LogP contribution in [-0.4, -0.2) is 5.91 Å². The van der Waals surface area contributed by atoms with Crippen LogP contribution < -0.4 is 5.73 Å². The molecule has 0 aromatic carbocycles. The number of carbonyl (C=O) groups excluding carboxylic acids is 1. The Balaban J connectivity index is 3.06.